The first-order chi connectivity index (χ1) is 7.74. The van der Waals surface area contributed by atoms with Gasteiger partial charge in [0.15, 0.2) is 11.6 Å². The lowest BCUT2D eigenvalue weighted by molar-refractivity contribution is 0.365. The van der Waals surface area contributed by atoms with Crippen LogP contribution in [0.1, 0.15) is 5.56 Å². The van der Waals surface area contributed by atoms with E-state index in [1.165, 1.54) is 26.4 Å². The smallest absolute Gasteiger partial charge is 0.165 e. The van der Waals surface area contributed by atoms with Gasteiger partial charge < -0.3 is 9.47 Å². The summed E-state index contributed by atoms with van der Waals surface area (Å²) in [6.45, 7) is 0.229. The van der Waals surface area contributed by atoms with Crippen molar-refractivity contribution in [3.05, 3.63) is 34.0 Å². The molecule has 0 radical (unpaired) electrons. The van der Waals surface area contributed by atoms with Gasteiger partial charge in [-0.2, -0.15) is 0 Å². The molecule has 0 unspecified atom stereocenters. The van der Waals surface area contributed by atoms with Crippen molar-refractivity contribution in [3.8, 4) is 11.5 Å². The van der Waals surface area contributed by atoms with Crippen LogP contribution in [-0.4, -0.2) is 20.8 Å². The Morgan fingerprint density at radius 2 is 2.12 bits per heavy atom. The molecule has 0 aliphatic rings. The van der Waals surface area contributed by atoms with Crippen molar-refractivity contribution < 1.29 is 13.9 Å². The molecule has 0 amide bonds. The van der Waals surface area contributed by atoms with E-state index in [-0.39, 0.29) is 12.3 Å². The molecule has 86 valence electrons. The van der Waals surface area contributed by atoms with Gasteiger partial charge in [0.05, 0.1) is 14.2 Å². The molecule has 0 spiro atoms. The van der Waals surface area contributed by atoms with E-state index < -0.39 is 5.82 Å². The summed E-state index contributed by atoms with van der Waals surface area (Å²) in [4.78, 5) is 2.63. The number of hydrogen-bond donors (Lipinski definition) is 0. The van der Waals surface area contributed by atoms with E-state index in [1.807, 2.05) is 0 Å². The van der Waals surface area contributed by atoms with Crippen LogP contribution >= 0.6 is 0 Å². The lowest BCUT2D eigenvalue weighted by Gasteiger charge is -2.12. The Hall–Kier alpha value is -1.94. The average Bonchev–Trinajstić information content (AvgIpc) is 2.30. The van der Waals surface area contributed by atoms with Gasteiger partial charge in [-0.25, -0.2) is 4.39 Å². The number of azide groups is 1. The second-order valence-electron chi connectivity index (χ2n) is 2.97. The molecule has 0 aromatic heterocycles. The fraction of sp³-hybridized carbons (Fsp3) is 0.400. The number of methoxy groups -OCH3 is 2. The molecular formula is C10H12FN3O2. The summed E-state index contributed by atoms with van der Waals surface area (Å²) in [7, 11) is 2.87. The van der Waals surface area contributed by atoms with Gasteiger partial charge in [0, 0.05) is 17.0 Å². The summed E-state index contributed by atoms with van der Waals surface area (Å²) in [6.07, 6.45) is 0.369. The normalized spacial score (nSPS) is 9.44. The fourth-order valence-corrected chi connectivity index (χ4v) is 1.44. The minimum absolute atomic E-state index is 0.132. The van der Waals surface area contributed by atoms with Crippen LogP contribution in [0.4, 0.5) is 4.39 Å². The first kappa shape index (κ1) is 12.1. The van der Waals surface area contributed by atoms with E-state index in [1.54, 1.807) is 0 Å². The Kier molecular flexibility index (Phi) is 4.42. The van der Waals surface area contributed by atoms with Gasteiger partial charge in [-0.3, -0.25) is 0 Å². The zero-order valence-corrected chi connectivity index (χ0v) is 9.11. The highest BCUT2D eigenvalue weighted by Gasteiger charge is 2.14. The number of benzene rings is 1. The van der Waals surface area contributed by atoms with Crippen LogP contribution in [-0.2, 0) is 6.42 Å². The third-order valence-electron chi connectivity index (χ3n) is 2.12. The molecule has 0 fully saturated rings. The summed E-state index contributed by atoms with van der Waals surface area (Å²) >= 11 is 0. The van der Waals surface area contributed by atoms with Crippen molar-refractivity contribution in [1.29, 1.82) is 0 Å². The highest BCUT2D eigenvalue weighted by Crippen LogP contribution is 2.31. The van der Waals surface area contributed by atoms with Gasteiger partial charge in [-0.05, 0) is 24.1 Å². The molecule has 6 heteroatoms. The summed E-state index contributed by atoms with van der Waals surface area (Å²) in [5, 5.41) is 3.39. The van der Waals surface area contributed by atoms with Gasteiger partial charge >= 0.3 is 0 Å². The number of rotatable bonds is 5. The largest absolute Gasteiger partial charge is 0.496 e. The molecule has 0 saturated heterocycles. The number of ether oxygens (including phenoxy) is 2. The van der Waals surface area contributed by atoms with Gasteiger partial charge in [-0.1, -0.05) is 5.11 Å². The Balaban J connectivity index is 3.09. The van der Waals surface area contributed by atoms with Crippen molar-refractivity contribution in [2.24, 2.45) is 5.11 Å². The average molecular weight is 225 g/mol. The predicted molar refractivity (Wildman–Crippen MR) is 57.2 cm³/mol. The van der Waals surface area contributed by atoms with Crippen LogP contribution in [0.2, 0.25) is 0 Å². The maximum absolute atomic E-state index is 13.4. The van der Waals surface area contributed by atoms with Crippen LogP contribution in [0.5, 0.6) is 11.5 Å². The standard InChI is InChI=1S/C10H12FN3O2/c1-15-9-4-3-8(11)10(16-2)7(9)5-6-13-14-12/h3-4H,5-6H2,1-2H3. The first-order valence-electron chi connectivity index (χ1n) is 4.64. The van der Waals surface area contributed by atoms with Crippen molar-refractivity contribution in [3.63, 3.8) is 0 Å². The third-order valence-corrected chi connectivity index (χ3v) is 2.12. The second-order valence-corrected chi connectivity index (χ2v) is 2.97. The molecule has 16 heavy (non-hydrogen) atoms. The molecule has 5 nitrogen and oxygen atoms in total. The molecule has 1 aromatic rings. The van der Waals surface area contributed by atoms with E-state index in [2.05, 4.69) is 10.0 Å². The molecule has 0 atom stereocenters. The maximum Gasteiger partial charge on any atom is 0.165 e. The van der Waals surface area contributed by atoms with Crippen molar-refractivity contribution >= 4 is 0 Å². The Labute approximate surface area is 92.4 Å². The highest BCUT2D eigenvalue weighted by molar-refractivity contribution is 5.46. The topological polar surface area (TPSA) is 67.2 Å². The quantitative estimate of drug-likeness (QED) is 0.439. The summed E-state index contributed by atoms with van der Waals surface area (Å²) in [6, 6.07) is 2.79. The number of halogens is 1. The van der Waals surface area contributed by atoms with Crippen LogP contribution < -0.4 is 9.47 Å². The Morgan fingerprint density at radius 1 is 1.38 bits per heavy atom. The molecule has 0 saturated carbocycles. The Morgan fingerprint density at radius 3 is 2.69 bits per heavy atom. The van der Waals surface area contributed by atoms with Crippen LogP contribution in [0, 0.1) is 5.82 Å². The molecule has 0 aliphatic carbocycles. The number of hydrogen-bond acceptors (Lipinski definition) is 3. The third kappa shape index (κ3) is 2.55. The van der Waals surface area contributed by atoms with E-state index in [0.717, 1.165) is 0 Å². The predicted octanol–water partition coefficient (Wildman–Crippen LogP) is 2.70. The second kappa shape index (κ2) is 5.82. The van der Waals surface area contributed by atoms with Crippen LogP contribution in [0.25, 0.3) is 10.4 Å². The monoisotopic (exact) mass is 225 g/mol. The van der Waals surface area contributed by atoms with E-state index in [4.69, 9.17) is 15.0 Å². The molecule has 0 heterocycles. The number of nitrogens with zero attached hydrogens (tertiary/aromatic N) is 3. The fourth-order valence-electron chi connectivity index (χ4n) is 1.44. The van der Waals surface area contributed by atoms with Gasteiger partial charge in [-0.15, -0.1) is 0 Å². The van der Waals surface area contributed by atoms with Gasteiger partial charge in [0.25, 0.3) is 0 Å². The van der Waals surface area contributed by atoms with Gasteiger partial charge in [0.1, 0.15) is 5.75 Å². The van der Waals surface area contributed by atoms with E-state index >= 15 is 0 Å². The molecule has 0 aliphatic heterocycles. The molecule has 0 N–H and O–H groups in total. The maximum atomic E-state index is 13.4. The zero-order valence-electron chi connectivity index (χ0n) is 9.11. The molecule has 1 aromatic carbocycles. The van der Waals surface area contributed by atoms with Crippen molar-refractivity contribution in [2.45, 2.75) is 6.42 Å². The zero-order chi connectivity index (χ0) is 12.0. The minimum atomic E-state index is -0.459. The van der Waals surface area contributed by atoms with Crippen molar-refractivity contribution in [2.75, 3.05) is 20.8 Å². The highest BCUT2D eigenvalue weighted by atomic mass is 19.1. The summed E-state index contributed by atoms with van der Waals surface area (Å²) in [5.41, 5.74) is 8.74. The lowest BCUT2D eigenvalue weighted by Crippen LogP contribution is -2.01. The molecule has 1 rings (SSSR count). The van der Waals surface area contributed by atoms with E-state index in [9.17, 15) is 4.39 Å². The lowest BCUT2D eigenvalue weighted by atomic mass is 10.1. The molecular weight excluding hydrogens is 213 g/mol. The Bertz CT molecular complexity index is 417. The van der Waals surface area contributed by atoms with E-state index in [0.29, 0.717) is 17.7 Å². The summed E-state index contributed by atoms with van der Waals surface area (Å²) in [5.74, 6) is 0.193. The molecule has 0 bridgehead atoms. The first-order valence-corrected chi connectivity index (χ1v) is 4.64. The van der Waals surface area contributed by atoms with Crippen molar-refractivity contribution in [1.82, 2.24) is 0 Å². The van der Waals surface area contributed by atoms with Crippen LogP contribution in [0.3, 0.4) is 0 Å². The SMILES string of the molecule is COc1ccc(F)c(OC)c1CCN=[N+]=[N-]. The van der Waals surface area contributed by atoms with Gasteiger partial charge in [0.2, 0.25) is 0 Å². The summed E-state index contributed by atoms with van der Waals surface area (Å²) < 4.78 is 23.4. The van der Waals surface area contributed by atoms with Crippen LogP contribution in [0.15, 0.2) is 17.2 Å². The minimum Gasteiger partial charge on any atom is -0.496 e.